The van der Waals surface area contributed by atoms with Gasteiger partial charge in [0.15, 0.2) is 0 Å². The van der Waals surface area contributed by atoms with E-state index in [1.54, 1.807) is 0 Å². The van der Waals surface area contributed by atoms with Crippen molar-refractivity contribution < 1.29 is 4.74 Å². The molecule has 0 unspecified atom stereocenters. The van der Waals surface area contributed by atoms with Gasteiger partial charge in [-0.1, -0.05) is 17.7 Å². The van der Waals surface area contributed by atoms with E-state index in [1.807, 2.05) is 18.7 Å². The Hall–Kier alpha value is -0.470. The highest BCUT2D eigenvalue weighted by Gasteiger charge is 1.92. The molecule has 1 rings (SSSR count). The number of ether oxygens (including phenoxy) is 1. The van der Waals surface area contributed by atoms with Crippen molar-refractivity contribution in [1.82, 2.24) is 0 Å². The lowest BCUT2D eigenvalue weighted by Gasteiger charge is -2.01. The molecule has 72 valence electrons. The van der Waals surface area contributed by atoms with Crippen molar-refractivity contribution in [3.8, 4) is 0 Å². The standard InChI is InChI=1S/C11H16OS/c1-3-12-8-9-13-11-6-4-10(2)5-7-11/h4-7H,3,8-9H2,1-2H3. The Kier molecular flexibility index (Phi) is 4.94. The predicted octanol–water partition coefficient (Wildman–Crippen LogP) is 3.12. The van der Waals surface area contributed by atoms with Crippen LogP contribution in [0.25, 0.3) is 0 Å². The molecule has 0 bridgehead atoms. The van der Waals surface area contributed by atoms with Crippen LogP contribution in [0, 0.1) is 6.92 Å². The van der Waals surface area contributed by atoms with Crippen LogP contribution in [0.4, 0.5) is 0 Å². The van der Waals surface area contributed by atoms with E-state index in [0.29, 0.717) is 0 Å². The van der Waals surface area contributed by atoms with Crippen LogP contribution in [-0.4, -0.2) is 19.0 Å². The Balaban J connectivity index is 2.25. The van der Waals surface area contributed by atoms with E-state index in [1.165, 1.54) is 10.5 Å². The molecular formula is C11H16OS. The maximum Gasteiger partial charge on any atom is 0.0560 e. The fourth-order valence-electron chi connectivity index (χ4n) is 0.997. The summed E-state index contributed by atoms with van der Waals surface area (Å²) in [6, 6.07) is 8.60. The maximum absolute atomic E-state index is 5.26. The van der Waals surface area contributed by atoms with Gasteiger partial charge in [0.25, 0.3) is 0 Å². The summed E-state index contributed by atoms with van der Waals surface area (Å²) >= 11 is 1.84. The highest BCUT2D eigenvalue weighted by Crippen LogP contribution is 2.17. The number of thioether (sulfide) groups is 1. The lowest BCUT2D eigenvalue weighted by atomic mass is 10.2. The quantitative estimate of drug-likeness (QED) is 0.528. The molecule has 0 spiro atoms. The van der Waals surface area contributed by atoms with E-state index in [2.05, 4.69) is 31.2 Å². The summed E-state index contributed by atoms with van der Waals surface area (Å²) in [6.45, 7) is 5.79. The molecule has 0 aromatic heterocycles. The van der Waals surface area contributed by atoms with Gasteiger partial charge in [0.1, 0.15) is 0 Å². The Morgan fingerprint density at radius 2 is 1.92 bits per heavy atom. The predicted molar refractivity (Wildman–Crippen MR) is 58.4 cm³/mol. The first-order valence-corrected chi connectivity index (χ1v) is 5.58. The minimum Gasteiger partial charge on any atom is -0.381 e. The second-order valence-electron chi connectivity index (χ2n) is 2.86. The van der Waals surface area contributed by atoms with Crippen LogP contribution in [0.2, 0.25) is 0 Å². The normalized spacial score (nSPS) is 10.3. The monoisotopic (exact) mass is 196 g/mol. The summed E-state index contributed by atoms with van der Waals surface area (Å²) in [5.74, 6) is 1.04. The van der Waals surface area contributed by atoms with E-state index >= 15 is 0 Å². The molecule has 1 nitrogen and oxygen atoms in total. The molecule has 1 aromatic carbocycles. The third-order valence-electron chi connectivity index (χ3n) is 1.72. The fourth-order valence-corrected chi connectivity index (χ4v) is 1.76. The van der Waals surface area contributed by atoms with Gasteiger partial charge >= 0.3 is 0 Å². The Morgan fingerprint density at radius 3 is 2.54 bits per heavy atom. The minimum atomic E-state index is 0.814. The number of hydrogen-bond donors (Lipinski definition) is 0. The van der Waals surface area contributed by atoms with Crippen LogP contribution in [0.3, 0.4) is 0 Å². The van der Waals surface area contributed by atoms with Crippen molar-refractivity contribution in [1.29, 1.82) is 0 Å². The minimum absolute atomic E-state index is 0.814. The first kappa shape index (κ1) is 10.6. The lowest BCUT2D eigenvalue weighted by Crippen LogP contribution is -1.95. The lowest BCUT2D eigenvalue weighted by molar-refractivity contribution is 0.164. The Labute approximate surface area is 84.5 Å². The second kappa shape index (κ2) is 6.06. The first-order valence-electron chi connectivity index (χ1n) is 4.60. The van der Waals surface area contributed by atoms with Gasteiger partial charge in [-0.05, 0) is 26.0 Å². The average Bonchev–Trinajstić information content (AvgIpc) is 2.15. The summed E-state index contributed by atoms with van der Waals surface area (Å²) in [4.78, 5) is 1.32. The Bertz CT molecular complexity index is 230. The molecule has 0 N–H and O–H groups in total. The Morgan fingerprint density at radius 1 is 1.23 bits per heavy atom. The third-order valence-corrected chi connectivity index (χ3v) is 2.70. The van der Waals surface area contributed by atoms with Crippen LogP contribution in [0.15, 0.2) is 29.2 Å². The highest BCUT2D eigenvalue weighted by atomic mass is 32.2. The zero-order chi connectivity index (χ0) is 9.52. The molecule has 0 aliphatic heterocycles. The van der Waals surface area contributed by atoms with Gasteiger partial charge in [0.2, 0.25) is 0 Å². The van der Waals surface area contributed by atoms with Crippen LogP contribution >= 0.6 is 11.8 Å². The van der Waals surface area contributed by atoms with Gasteiger partial charge in [0, 0.05) is 17.3 Å². The van der Waals surface area contributed by atoms with E-state index in [0.717, 1.165) is 19.0 Å². The van der Waals surface area contributed by atoms with Crippen molar-refractivity contribution >= 4 is 11.8 Å². The third kappa shape index (κ3) is 4.34. The molecule has 0 fully saturated rings. The molecule has 0 aliphatic rings. The van der Waals surface area contributed by atoms with Gasteiger partial charge in [0.05, 0.1) is 6.61 Å². The van der Waals surface area contributed by atoms with Crippen molar-refractivity contribution in [2.45, 2.75) is 18.7 Å². The summed E-state index contributed by atoms with van der Waals surface area (Å²) in [5.41, 5.74) is 1.31. The largest absolute Gasteiger partial charge is 0.381 e. The van der Waals surface area contributed by atoms with Gasteiger partial charge < -0.3 is 4.74 Å². The van der Waals surface area contributed by atoms with Crippen LogP contribution < -0.4 is 0 Å². The van der Waals surface area contributed by atoms with Gasteiger partial charge in [-0.25, -0.2) is 0 Å². The van der Waals surface area contributed by atoms with Crippen LogP contribution in [-0.2, 0) is 4.74 Å². The fraction of sp³-hybridized carbons (Fsp3) is 0.455. The molecule has 0 heterocycles. The van der Waals surface area contributed by atoms with Gasteiger partial charge in [-0.3, -0.25) is 0 Å². The number of rotatable bonds is 5. The highest BCUT2D eigenvalue weighted by molar-refractivity contribution is 7.99. The van der Waals surface area contributed by atoms with Crippen molar-refractivity contribution in [3.63, 3.8) is 0 Å². The zero-order valence-electron chi connectivity index (χ0n) is 8.25. The average molecular weight is 196 g/mol. The second-order valence-corrected chi connectivity index (χ2v) is 4.03. The first-order chi connectivity index (χ1) is 6.33. The smallest absolute Gasteiger partial charge is 0.0560 e. The molecule has 0 saturated carbocycles. The van der Waals surface area contributed by atoms with E-state index < -0.39 is 0 Å². The number of benzene rings is 1. The van der Waals surface area contributed by atoms with Crippen molar-refractivity contribution in [3.05, 3.63) is 29.8 Å². The molecule has 1 aromatic rings. The van der Waals surface area contributed by atoms with Crippen LogP contribution in [0.5, 0.6) is 0 Å². The summed E-state index contributed by atoms with van der Waals surface area (Å²) in [7, 11) is 0. The SMILES string of the molecule is CCOCCSc1ccc(C)cc1. The molecule has 13 heavy (non-hydrogen) atoms. The molecular weight excluding hydrogens is 180 g/mol. The molecule has 0 aliphatic carbocycles. The van der Waals surface area contributed by atoms with Gasteiger partial charge in [-0.15, -0.1) is 11.8 Å². The summed E-state index contributed by atoms with van der Waals surface area (Å²) < 4.78 is 5.26. The molecule has 0 atom stereocenters. The number of aryl methyl sites for hydroxylation is 1. The zero-order valence-corrected chi connectivity index (χ0v) is 9.06. The summed E-state index contributed by atoms with van der Waals surface area (Å²) in [5, 5.41) is 0. The topological polar surface area (TPSA) is 9.23 Å². The van der Waals surface area contributed by atoms with Crippen molar-refractivity contribution in [2.75, 3.05) is 19.0 Å². The van der Waals surface area contributed by atoms with E-state index in [-0.39, 0.29) is 0 Å². The number of hydrogen-bond acceptors (Lipinski definition) is 2. The maximum atomic E-state index is 5.26. The van der Waals surface area contributed by atoms with Gasteiger partial charge in [-0.2, -0.15) is 0 Å². The van der Waals surface area contributed by atoms with Crippen LogP contribution in [0.1, 0.15) is 12.5 Å². The van der Waals surface area contributed by atoms with E-state index in [4.69, 9.17) is 4.74 Å². The molecule has 0 radical (unpaired) electrons. The van der Waals surface area contributed by atoms with Crippen molar-refractivity contribution in [2.24, 2.45) is 0 Å². The molecule has 0 amide bonds. The van der Waals surface area contributed by atoms with E-state index in [9.17, 15) is 0 Å². The summed E-state index contributed by atoms with van der Waals surface area (Å²) in [6.07, 6.45) is 0. The molecule has 2 heteroatoms. The molecule has 0 saturated heterocycles.